The molecule has 26 heavy (non-hydrogen) atoms. The molecule has 0 saturated heterocycles. The van der Waals surface area contributed by atoms with Crippen molar-refractivity contribution in [1.82, 2.24) is 0 Å². The molecular formula is C21H34O3S2. The Morgan fingerprint density at radius 3 is 2.04 bits per heavy atom. The number of ether oxygens (including phenoxy) is 1. The second-order valence-corrected chi connectivity index (χ2v) is 11.1. The molecule has 148 valence electrons. The van der Waals surface area contributed by atoms with Gasteiger partial charge in [-0.15, -0.1) is 23.5 Å². The molecule has 0 saturated carbocycles. The maximum Gasteiger partial charge on any atom is 0.315 e. The monoisotopic (exact) mass is 398 g/mol. The number of esters is 1. The SMILES string of the molecule is CCOC(=O)CSC(C)CSc1cc(C(C)(C)C)c(O)c(C(C)(C)C)c1. The number of hydrogen-bond acceptors (Lipinski definition) is 5. The standard InChI is InChI=1S/C21H34O3S2/c1-9-24-18(22)13-25-14(2)12-26-15-10-16(20(3,4)5)19(23)17(11-15)21(6,7)8/h10-11,14,23H,9,12-13H2,1-8H3. The highest BCUT2D eigenvalue weighted by atomic mass is 32.2. The number of thioether (sulfide) groups is 2. The van der Waals surface area contributed by atoms with Crippen molar-refractivity contribution < 1.29 is 14.6 Å². The van der Waals surface area contributed by atoms with Gasteiger partial charge in [-0.05, 0) is 29.9 Å². The lowest BCUT2D eigenvalue weighted by Gasteiger charge is -2.28. The normalized spacial score (nSPS) is 13.5. The smallest absolute Gasteiger partial charge is 0.315 e. The third-order valence-electron chi connectivity index (χ3n) is 3.98. The molecule has 5 heteroatoms. The summed E-state index contributed by atoms with van der Waals surface area (Å²) in [4.78, 5) is 12.7. The van der Waals surface area contributed by atoms with Gasteiger partial charge in [-0.2, -0.15) is 0 Å². The van der Waals surface area contributed by atoms with E-state index in [1.165, 1.54) is 4.90 Å². The number of carbonyl (C=O) groups excluding carboxylic acids is 1. The molecule has 0 bridgehead atoms. The average Bonchev–Trinajstić information content (AvgIpc) is 2.49. The van der Waals surface area contributed by atoms with E-state index in [9.17, 15) is 9.90 Å². The molecule has 3 nitrogen and oxygen atoms in total. The highest BCUT2D eigenvalue weighted by Gasteiger charge is 2.26. The van der Waals surface area contributed by atoms with Crippen LogP contribution in [0.4, 0.5) is 0 Å². The minimum Gasteiger partial charge on any atom is -0.507 e. The van der Waals surface area contributed by atoms with E-state index in [1.54, 1.807) is 23.5 Å². The second-order valence-electron chi connectivity index (χ2n) is 8.60. The van der Waals surface area contributed by atoms with Crippen LogP contribution in [0.3, 0.4) is 0 Å². The first-order chi connectivity index (χ1) is 11.9. The first kappa shape index (κ1) is 23.2. The van der Waals surface area contributed by atoms with Crippen LogP contribution >= 0.6 is 23.5 Å². The predicted molar refractivity (Wildman–Crippen MR) is 115 cm³/mol. The summed E-state index contributed by atoms with van der Waals surface area (Å²) in [7, 11) is 0. The molecule has 0 aliphatic rings. The van der Waals surface area contributed by atoms with Crippen molar-refractivity contribution >= 4 is 29.5 Å². The van der Waals surface area contributed by atoms with Gasteiger partial charge < -0.3 is 9.84 Å². The van der Waals surface area contributed by atoms with Crippen LogP contribution in [0.5, 0.6) is 5.75 Å². The van der Waals surface area contributed by atoms with Gasteiger partial charge in [0.25, 0.3) is 0 Å². The van der Waals surface area contributed by atoms with Gasteiger partial charge in [0.15, 0.2) is 0 Å². The van der Waals surface area contributed by atoms with Crippen molar-refractivity contribution in [2.45, 2.75) is 76.4 Å². The summed E-state index contributed by atoms with van der Waals surface area (Å²) in [5.74, 6) is 1.57. The van der Waals surface area contributed by atoms with Crippen molar-refractivity contribution in [1.29, 1.82) is 0 Å². The van der Waals surface area contributed by atoms with Crippen LogP contribution in [0, 0.1) is 0 Å². The number of benzene rings is 1. The largest absolute Gasteiger partial charge is 0.507 e. The zero-order valence-electron chi connectivity index (χ0n) is 17.4. The quantitative estimate of drug-likeness (QED) is 0.467. The Labute approximate surface area is 167 Å². The van der Waals surface area contributed by atoms with Gasteiger partial charge in [0.2, 0.25) is 0 Å². The number of aromatic hydroxyl groups is 1. The Kier molecular flexibility index (Phi) is 8.40. The molecule has 1 unspecified atom stereocenters. The van der Waals surface area contributed by atoms with Crippen LogP contribution < -0.4 is 0 Å². The van der Waals surface area contributed by atoms with E-state index >= 15 is 0 Å². The molecule has 1 atom stereocenters. The van der Waals surface area contributed by atoms with Gasteiger partial charge in [-0.25, -0.2) is 0 Å². The van der Waals surface area contributed by atoms with Crippen LogP contribution in [0.2, 0.25) is 0 Å². The topological polar surface area (TPSA) is 46.5 Å². The van der Waals surface area contributed by atoms with E-state index in [0.29, 0.717) is 23.4 Å². The van der Waals surface area contributed by atoms with Gasteiger partial charge in [0.05, 0.1) is 12.4 Å². The van der Waals surface area contributed by atoms with Crippen LogP contribution in [-0.4, -0.2) is 34.4 Å². The Morgan fingerprint density at radius 2 is 1.62 bits per heavy atom. The molecule has 0 heterocycles. The number of hydrogen-bond donors (Lipinski definition) is 1. The molecule has 1 aromatic rings. The summed E-state index contributed by atoms with van der Waals surface area (Å²) in [6, 6.07) is 4.22. The third-order valence-corrected chi connectivity index (χ3v) is 6.56. The summed E-state index contributed by atoms with van der Waals surface area (Å²) in [6.45, 7) is 17.1. The number of carbonyl (C=O) groups is 1. The summed E-state index contributed by atoms with van der Waals surface area (Å²) in [6.07, 6.45) is 0. The maximum atomic E-state index is 11.5. The summed E-state index contributed by atoms with van der Waals surface area (Å²) in [5, 5.41) is 11.1. The maximum absolute atomic E-state index is 11.5. The van der Waals surface area contributed by atoms with E-state index in [2.05, 4.69) is 60.6 Å². The first-order valence-electron chi connectivity index (χ1n) is 9.14. The zero-order chi connectivity index (χ0) is 20.1. The number of rotatable bonds is 7. The molecule has 1 N–H and O–H groups in total. The third kappa shape index (κ3) is 7.07. The molecule has 0 fully saturated rings. The van der Waals surface area contributed by atoms with E-state index in [0.717, 1.165) is 16.9 Å². The minimum atomic E-state index is -0.149. The molecule has 0 aliphatic heterocycles. The van der Waals surface area contributed by atoms with E-state index in [4.69, 9.17) is 4.74 Å². The van der Waals surface area contributed by atoms with Crippen LogP contribution in [-0.2, 0) is 20.4 Å². The number of phenolic OH excluding ortho intramolecular Hbond substituents is 1. The van der Waals surface area contributed by atoms with Crippen LogP contribution in [0.25, 0.3) is 0 Å². The van der Waals surface area contributed by atoms with Crippen molar-refractivity contribution in [3.8, 4) is 5.75 Å². The molecule has 0 amide bonds. The molecule has 0 radical (unpaired) electrons. The summed E-state index contributed by atoms with van der Waals surface area (Å²) in [5.41, 5.74) is 1.73. The van der Waals surface area contributed by atoms with Crippen LogP contribution in [0.15, 0.2) is 17.0 Å². The fraction of sp³-hybridized carbons (Fsp3) is 0.667. The number of phenols is 1. The lowest BCUT2D eigenvalue weighted by Crippen LogP contribution is -2.17. The minimum absolute atomic E-state index is 0.120. The van der Waals surface area contributed by atoms with E-state index < -0.39 is 0 Å². The fourth-order valence-corrected chi connectivity index (χ4v) is 4.43. The molecule has 1 rings (SSSR count). The average molecular weight is 399 g/mol. The van der Waals surface area contributed by atoms with Gasteiger partial charge in [0, 0.05) is 27.0 Å². The zero-order valence-corrected chi connectivity index (χ0v) is 19.1. The highest BCUT2D eigenvalue weighted by Crippen LogP contribution is 2.42. The molecule has 1 aromatic carbocycles. The van der Waals surface area contributed by atoms with E-state index in [-0.39, 0.29) is 16.8 Å². The highest BCUT2D eigenvalue weighted by molar-refractivity contribution is 8.03. The lowest BCUT2D eigenvalue weighted by molar-refractivity contribution is -0.139. The first-order valence-corrected chi connectivity index (χ1v) is 11.2. The molecule has 0 aliphatic carbocycles. The van der Waals surface area contributed by atoms with Gasteiger partial charge in [0.1, 0.15) is 5.75 Å². The Morgan fingerprint density at radius 1 is 1.12 bits per heavy atom. The predicted octanol–water partition coefficient (Wildman–Crippen LogP) is 5.76. The Hall–Kier alpha value is -0.810. The van der Waals surface area contributed by atoms with Gasteiger partial charge >= 0.3 is 5.97 Å². The van der Waals surface area contributed by atoms with Crippen molar-refractivity contribution in [2.24, 2.45) is 0 Å². The lowest BCUT2D eigenvalue weighted by atomic mass is 9.79. The van der Waals surface area contributed by atoms with Crippen molar-refractivity contribution in [2.75, 3.05) is 18.1 Å². The molecule has 0 aromatic heterocycles. The second kappa shape index (κ2) is 9.41. The van der Waals surface area contributed by atoms with E-state index in [1.807, 2.05) is 6.92 Å². The fourth-order valence-electron chi connectivity index (χ4n) is 2.51. The van der Waals surface area contributed by atoms with Gasteiger partial charge in [-0.3, -0.25) is 4.79 Å². The Bertz CT molecular complexity index is 578. The van der Waals surface area contributed by atoms with Crippen molar-refractivity contribution in [3.63, 3.8) is 0 Å². The molecular weight excluding hydrogens is 364 g/mol. The Balaban J connectivity index is 2.91. The summed E-state index contributed by atoms with van der Waals surface area (Å²) < 4.78 is 4.98. The van der Waals surface area contributed by atoms with Gasteiger partial charge in [-0.1, -0.05) is 48.5 Å². The van der Waals surface area contributed by atoms with Crippen molar-refractivity contribution in [3.05, 3.63) is 23.3 Å². The summed E-state index contributed by atoms with van der Waals surface area (Å²) >= 11 is 3.40. The van der Waals surface area contributed by atoms with Crippen LogP contribution in [0.1, 0.15) is 66.5 Å². The molecule has 0 spiro atoms.